The van der Waals surface area contributed by atoms with Crippen molar-refractivity contribution in [3.05, 3.63) is 76.8 Å². The van der Waals surface area contributed by atoms with E-state index in [9.17, 15) is 23.3 Å². The number of carbonyl (C=O) groups is 1. The second kappa shape index (κ2) is 8.03. The minimum atomic E-state index is -4.32. The average molecular weight is 401 g/mol. The maximum Gasteiger partial charge on any atom is 0.289 e. The highest BCUT2D eigenvalue weighted by atomic mass is 32.2. The van der Waals surface area contributed by atoms with Gasteiger partial charge < -0.3 is 4.74 Å². The van der Waals surface area contributed by atoms with Gasteiger partial charge in [-0.25, -0.2) is 8.42 Å². The van der Waals surface area contributed by atoms with E-state index < -0.39 is 38.0 Å². The van der Waals surface area contributed by atoms with Crippen LogP contribution < -0.4 is 15.0 Å². The van der Waals surface area contributed by atoms with E-state index in [4.69, 9.17) is 4.74 Å². The van der Waals surface area contributed by atoms with Crippen LogP contribution in [0, 0.1) is 10.1 Å². The van der Waals surface area contributed by atoms with E-state index in [1.54, 1.807) is 12.1 Å². The fourth-order valence-electron chi connectivity index (χ4n) is 2.46. The molecule has 0 atom stereocenters. The molecule has 0 radical (unpaired) electrons. The minimum Gasteiger partial charge on any atom is -0.484 e. The molecule has 3 aromatic carbocycles. The first-order chi connectivity index (χ1) is 13.4. The molecule has 0 aliphatic carbocycles. The number of hydrogen-bond donors (Lipinski definition) is 2. The van der Waals surface area contributed by atoms with Gasteiger partial charge in [-0.05, 0) is 29.0 Å². The van der Waals surface area contributed by atoms with Crippen molar-refractivity contribution in [3.8, 4) is 5.75 Å². The first kappa shape index (κ1) is 19.3. The molecule has 10 heteroatoms. The monoisotopic (exact) mass is 401 g/mol. The Morgan fingerprint density at radius 3 is 2.43 bits per heavy atom. The number of amides is 1. The van der Waals surface area contributed by atoms with Crippen LogP contribution in [0.4, 0.5) is 5.69 Å². The third-order valence-electron chi connectivity index (χ3n) is 3.77. The second-order valence-electron chi connectivity index (χ2n) is 5.68. The molecule has 0 fully saturated rings. The van der Waals surface area contributed by atoms with Gasteiger partial charge in [0.1, 0.15) is 5.75 Å². The number of rotatable bonds is 7. The van der Waals surface area contributed by atoms with Crippen molar-refractivity contribution in [2.24, 2.45) is 0 Å². The summed E-state index contributed by atoms with van der Waals surface area (Å²) in [5.41, 5.74) is 1.37. The van der Waals surface area contributed by atoms with Crippen molar-refractivity contribution in [1.82, 2.24) is 10.3 Å². The van der Waals surface area contributed by atoms with Crippen molar-refractivity contribution in [2.75, 3.05) is 6.61 Å². The summed E-state index contributed by atoms with van der Waals surface area (Å²) < 4.78 is 29.8. The number of ether oxygens (including phenoxy) is 1. The van der Waals surface area contributed by atoms with Crippen LogP contribution in [0.2, 0.25) is 0 Å². The number of hydrazine groups is 1. The van der Waals surface area contributed by atoms with Crippen LogP contribution in [0.1, 0.15) is 0 Å². The van der Waals surface area contributed by atoms with E-state index in [0.717, 1.165) is 22.9 Å². The first-order valence-electron chi connectivity index (χ1n) is 8.02. The van der Waals surface area contributed by atoms with Crippen LogP contribution in [0.25, 0.3) is 10.8 Å². The molecular weight excluding hydrogens is 386 g/mol. The summed E-state index contributed by atoms with van der Waals surface area (Å²) in [6.45, 7) is -0.447. The largest absolute Gasteiger partial charge is 0.484 e. The highest BCUT2D eigenvalue weighted by Crippen LogP contribution is 2.22. The lowest BCUT2D eigenvalue weighted by molar-refractivity contribution is -0.387. The standard InChI is InChI=1S/C18H15N3O6S/c22-18(12-27-15-10-9-13-5-1-2-6-14(13)11-15)19-20-28(25,26)17-8-4-3-7-16(17)21(23)24/h1-11,20H,12H2,(H,19,22). The zero-order chi connectivity index (χ0) is 20.1. The van der Waals surface area contributed by atoms with Gasteiger partial charge in [0.05, 0.1) is 4.92 Å². The molecule has 3 aromatic rings. The van der Waals surface area contributed by atoms with Crippen molar-refractivity contribution >= 4 is 32.4 Å². The number of para-hydroxylation sites is 1. The number of fused-ring (bicyclic) bond motifs is 1. The molecule has 3 rings (SSSR count). The van der Waals surface area contributed by atoms with Gasteiger partial charge >= 0.3 is 0 Å². The van der Waals surface area contributed by atoms with Gasteiger partial charge in [0.15, 0.2) is 11.5 Å². The van der Waals surface area contributed by atoms with Gasteiger partial charge in [-0.1, -0.05) is 42.5 Å². The summed E-state index contributed by atoms with van der Waals surface area (Å²) in [5.74, 6) is -0.328. The number of nitrogens with one attached hydrogen (secondary N) is 2. The number of carbonyl (C=O) groups excluding carboxylic acids is 1. The number of nitrogens with zero attached hydrogens (tertiary/aromatic N) is 1. The molecule has 2 N–H and O–H groups in total. The normalized spacial score (nSPS) is 11.1. The lowest BCUT2D eigenvalue weighted by Gasteiger charge is -2.10. The van der Waals surface area contributed by atoms with Gasteiger partial charge in [0.2, 0.25) is 0 Å². The predicted molar refractivity (Wildman–Crippen MR) is 101 cm³/mol. The molecular formula is C18H15N3O6S. The Balaban J connectivity index is 1.61. The molecule has 0 unspecified atom stereocenters. The number of nitro groups is 1. The van der Waals surface area contributed by atoms with Gasteiger partial charge in [-0.2, -0.15) is 0 Å². The molecule has 0 saturated carbocycles. The number of benzene rings is 3. The predicted octanol–water partition coefficient (Wildman–Crippen LogP) is 2.14. The maximum absolute atomic E-state index is 12.2. The summed E-state index contributed by atoms with van der Waals surface area (Å²) in [7, 11) is -4.32. The molecule has 0 saturated heterocycles. The van der Waals surface area contributed by atoms with E-state index in [0.29, 0.717) is 5.75 Å². The molecule has 0 aliphatic heterocycles. The average Bonchev–Trinajstić information content (AvgIpc) is 2.70. The lowest BCUT2D eigenvalue weighted by atomic mass is 10.1. The van der Waals surface area contributed by atoms with E-state index >= 15 is 0 Å². The smallest absolute Gasteiger partial charge is 0.289 e. The molecule has 28 heavy (non-hydrogen) atoms. The van der Waals surface area contributed by atoms with Gasteiger partial charge in [-0.3, -0.25) is 20.3 Å². The van der Waals surface area contributed by atoms with Crippen LogP contribution in [-0.2, 0) is 14.8 Å². The lowest BCUT2D eigenvalue weighted by Crippen LogP contribution is -2.43. The third-order valence-corrected chi connectivity index (χ3v) is 5.06. The van der Waals surface area contributed by atoms with Crippen LogP contribution in [0.3, 0.4) is 0 Å². The molecule has 0 aliphatic rings. The van der Waals surface area contributed by atoms with Crippen molar-refractivity contribution in [1.29, 1.82) is 0 Å². The Hall–Kier alpha value is -3.50. The van der Waals surface area contributed by atoms with Gasteiger partial charge in [0, 0.05) is 6.07 Å². The van der Waals surface area contributed by atoms with E-state index in [1.807, 2.05) is 40.6 Å². The molecule has 0 heterocycles. The number of hydrogen-bond acceptors (Lipinski definition) is 6. The fourth-order valence-corrected chi connectivity index (χ4v) is 3.49. The summed E-state index contributed by atoms with van der Waals surface area (Å²) in [6, 6.07) is 17.7. The highest BCUT2D eigenvalue weighted by Gasteiger charge is 2.25. The van der Waals surface area contributed by atoms with Crippen LogP contribution >= 0.6 is 0 Å². The molecule has 144 valence electrons. The molecule has 1 amide bonds. The third kappa shape index (κ3) is 4.42. The Kier molecular flexibility index (Phi) is 5.52. The molecule has 0 bridgehead atoms. The fraction of sp³-hybridized carbons (Fsp3) is 0.0556. The van der Waals surface area contributed by atoms with Crippen LogP contribution in [0.15, 0.2) is 71.6 Å². The Bertz CT molecular complexity index is 1150. The summed E-state index contributed by atoms with van der Waals surface area (Å²) >= 11 is 0. The quantitative estimate of drug-likeness (QED) is 0.461. The summed E-state index contributed by atoms with van der Waals surface area (Å²) in [6.07, 6.45) is 0. The Morgan fingerprint density at radius 1 is 1.00 bits per heavy atom. The minimum absolute atomic E-state index is 0.440. The van der Waals surface area contributed by atoms with Crippen LogP contribution in [0.5, 0.6) is 5.75 Å². The van der Waals surface area contributed by atoms with Crippen LogP contribution in [-0.4, -0.2) is 25.9 Å². The van der Waals surface area contributed by atoms with E-state index in [1.165, 1.54) is 12.1 Å². The highest BCUT2D eigenvalue weighted by molar-refractivity contribution is 7.89. The van der Waals surface area contributed by atoms with Crippen molar-refractivity contribution in [3.63, 3.8) is 0 Å². The van der Waals surface area contributed by atoms with Gasteiger partial charge in [0.25, 0.3) is 21.6 Å². The topological polar surface area (TPSA) is 128 Å². The SMILES string of the molecule is O=C(COc1ccc2ccccc2c1)NNS(=O)(=O)c1ccccc1[N+](=O)[O-]. The number of sulfonamides is 1. The van der Waals surface area contributed by atoms with Gasteiger partial charge in [-0.15, -0.1) is 4.83 Å². The van der Waals surface area contributed by atoms with Crippen molar-refractivity contribution in [2.45, 2.75) is 4.90 Å². The molecule has 0 spiro atoms. The zero-order valence-electron chi connectivity index (χ0n) is 14.4. The molecule has 9 nitrogen and oxygen atoms in total. The Morgan fingerprint density at radius 2 is 1.68 bits per heavy atom. The summed E-state index contributed by atoms with van der Waals surface area (Å²) in [5, 5.41) is 12.9. The van der Waals surface area contributed by atoms with E-state index in [2.05, 4.69) is 0 Å². The van der Waals surface area contributed by atoms with Crippen molar-refractivity contribution < 1.29 is 22.9 Å². The summed E-state index contributed by atoms with van der Waals surface area (Å²) in [4.78, 5) is 23.3. The maximum atomic E-state index is 12.2. The Labute approximate surface area is 160 Å². The zero-order valence-corrected chi connectivity index (χ0v) is 15.2. The first-order valence-corrected chi connectivity index (χ1v) is 9.51. The molecule has 0 aromatic heterocycles. The van der Waals surface area contributed by atoms with E-state index in [-0.39, 0.29) is 0 Å². The second-order valence-corrected chi connectivity index (χ2v) is 7.33. The number of nitro benzene ring substituents is 1.